The number of esters is 3. The van der Waals surface area contributed by atoms with Gasteiger partial charge in [-0.1, -0.05) is 44.2 Å². The van der Waals surface area contributed by atoms with Crippen molar-refractivity contribution in [2.24, 2.45) is 16.7 Å². The lowest BCUT2D eigenvalue weighted by Crippen LogP contribution is -2.81. The molecule has 3 aliphatic carbocycles. The molecule has 2 bridgehead atoms. The smallest absolute Gasteiger partial charge is 0.408 e. The van der Waals surface area contributed by atoms with E-state index >= 15 is 0 Å². The number of ether oxygens (including phenoxy) is 5. The van der Waals surface area contributed by atoms with E-state index in [2.05, 4.69) is 5.32 Å². The summed E-state index contributed by atoms with van der Waals surface area (Å²) in [6.45, 7) is 11.5. The first-order valence-electron chi connectivity index (χ1n) is 19.4. The van der Waals surface area contributed by atoms with Crippen LogP contribution in [-0.2, 0) is 38.1 Å². The van der Waals surface area contributed by atoms with Crippen LogP contribution in [-0.4, -0.2) is 110 Å². The predicted octanol–water partition coefficient (Wildman–Crippen LogP) is 3.40. The summed E-state index contributed by atoms with van der Waals surface area (Å²) in [6.07, 6.45) is -12.0. The Morgan fingerprint density at radius 1 is 0.983 bits per heavy atom. The van der Waals surface area contributed by atoms with Gasteiger partial charge >= 0.3 is 24.0 Å². The highest BCUT2D eigenvalue weighted by atomic mass is 19.1. The Bertz CT molecular complexity index is 2030. The third-order valence-electron chi connectivity index (χ3n) is 12.6. The Morgan fingerprint density at radius 3 is 2.17 bits per heavy atom. The molecule has 1 aliphatic heterocycles. The predicted molar refractivity (Wildman–Crippen MR) is 204 cm³/mol. The molecule has 3 fully saturated rings. The zero-order valence-corrected chi connectivity index (χ0v) is 34.2. The van der Waals surface area contributed by atoms with Gasteiger partial charge in [-0.15, -0.1) is 0 Å². The number of aliphatic hydroxyl groups is 4. The van der Waals surface area contributed by atoms with Gasteiger partial charge in [-0.3, -0.25) is 9.59 Å². The van der Waals surface area contributed by atoms with Crippen molar-refractivity contribution < 1.29 is 72.5 Å². The molecule has 0 aromatic heterocycles. The minimum atomic E-state index is -2.40. The van der Waals surface area contributed by atoms with E-state index in [0.29, 0.717) is 0 Å². The molecule has 2 aromatic rings. The van der Waals surface area contributed by atoms with Crippen LogP contribution in [0.4, 0.5) is 9.18 Å². The Labute approximate surface area is 340 Å². The summed E-state index contributed by atoms with van der Waals surface area (Å²) in [4.78, 5) is 68.9. The SMILES string of the molecule is CC(=O)O[C@@]12CO[C@@H]1C[C@H](O)[C@@]1(C)C(=O)[C@H](O)C3=C(C)[C@@H](OC(=O)[C@H](O)[C@@H](NC(=O)OC(C)(C)C)c4ccc(F)cc4)C[C@@](O)([C@@H](OC(=O)c4ccccc4)[C@H]21)C3(C)C. The zero-order chi connectivity index (χ0) is 43.6. The summed E-state index contributed by atoms with van der Waals surface area (Å²) < 4.78 is 43.3. The molecule has 16 heteroatoms. The molecule has 1 amide bonds. The largest absolute Gasteiger partial charge is 0.456 e. The van der Waals surface area contributed by atoms with Crippen molar-refractivity contribution in [1.82, 2.24) is 5.32 Å². The standard InChI is InChI=1S/C43H52FNO14/c1-21-26(56-37(52)32(49)30(23-14-16-25(44)17-15-23)45-38(53)59-39(3,4)5)19-43(54)35(57-36(51)24-12-10-9-11-13-24)33-41(8,34(50)31(48)29(21)40(43,6)7)27(47)18-28-42(33,20-55-28)58-22(2)46/h9-17,26-28,30-33,35,47-49,54H,18-20H2,1-8H3,(H,45,53)/t26-,27-,28+,30-,31+,32+,33-,35-,41+,42-,43+/m0/s1. The number of hydrogen-bond acceptors (Lipinski definition) is 14. The number of rotatable bonds is 8. The number of aliphatic hydroxyl groups excluding tert-OH is 3. The maximum atomic E-state index is 14.9. The van der Waals surface area contributed by atoms with Crippen LogP contribution in [0.1, 0.15) is 90.2 Å². The number of carbonyl (C=O) groups is 5. The highest BCUT2D eigenvalue weighted by molar-refractivity contribution is 5.94. The van der Waals surface area contributed by atoms with Gasteiger partial charge in [0.15, 0.2) is 17.5 Å². The summed E-state index contributed by atoms with van der Waals surface area (Å²) in [5.41, 5.74) is -8.68. The molecule has 2 saturated carbocycles. The normalized spacial score (nSPS) is 33.3. The van der Waals surface area contributed by atoms with Gasteiger partial charge in [-0.05, 0) is 75.6 Å². The second-order valence-electron chi connectivity index (χ2n) is 17.7. The van der Waals surface area contributed by atoms with Crippen LogP contribution < -0.4 is 5.32 Å². The lowest BCUT2D eigenvalue weighted by atomic mass is 9.44. The number of fused-ring (bicyclic) bond motifs is 5. The number of alkyl carbamates (subject to hydrolysis) is 1. The minimum Gasteiger partial charge on any atom is -0.456 e. The molecule has 1 heterocycles. The lowest BCUT2D eigenvalue weighted by molar-refractivity contribution is -0.346. The first-order valence-corrected chi connectivity index (χ1v) is 19.4. The fourth-order valence-corrected chi connectivity index (χ4v) is 9.57. The van der Waals surface area contributed by atoms with Crippen LogP contribution in [0, 0.1) is 22.6 Å². The van der Waals surface area contributed by atoms with Crippen molar-refractivity contribution in [3.63, 3.8) is 0 Å². The summed E-state index contributed by atoms with van der Waals surface area (Å²) >= 11 is 0. The van der Waals surface area contributed by atoms with Crippen LogP contribution in [0.15, 0.2) is 65.7 Å². The van der Waals surface area contributed by atoms with Gasteiger partial charge in [0.2, 0.25) is 0 Å². The second-order valence-corrected chi connectivity index (χ2v) is 17.7. The maximum absolute atomic E-state index is 14.9. The number of hydrogen-bond donors (Lipinski definition) is 5. The molecule has 0 unspecified atom stereocenters. The van der Waals surface area contributed by atoms with E-state index in [-0.39, 0.29) is 35.3 Å². The van der Waals surface area contributed by atoms with Crippen LogP contribution >= 0.6 is 0 Å². The van der Waals surface area contributed by atoms with Crippen LogP contribution in [0.3, 0.4) is 0 Å². The van der Waals surface area contributed by atoms with E-state index in [1.807, 2.05) is 0 Å². The van der Waals surface area contributed by atoms with E-state index in [9.17, 15) is 48.8 Å². The van der Waals surface area contributed by atoms with Crippen LogP contribution in [0.2, 0.25) is 0 Å². The molecule has 15 nitrogen and oxygen atoms in total. The number of ketones is 1. The fraction of sp³-hybridized carbons (Fsp3) is 0.558. The topological polar surface area (TPSA) is 224 Å². The average Bonchev–Trinajstić information content (AvgIpc) is 3.15. The van der Waals surface area contributed by atoms with Gasteiger partial charge in [0.1, 0.15) is 41.4 Å². The molecule has 59 heavy (non-hydrogen) atoms. The van der Waals surface area contributed by atoms with E-state index in [0.717, 1.165) is 19.1 Å². The lowest BCUT2D eigenvalue weighted by Gasteiger charge is -2.67. The highest BCUT2D eigenvalue weighted by Gasteiger charge is 2.78. The van der Waals surface area contributed by atoms with Gasteiger partial charge in [0.05, 0.1) is 35.6 Å². The number of carbonyl (C=O) groups excluding carboxylic acids is 5. The number of benzene rings is 2. The van der Waals surface area contributed by atoms with E-state index < -0.39 is 118 Å². The molecule has 1 saturated heterocycles. The van der Waals surface area contributed by atoms with Gasteiger partial charge in [0.25, 0.3) is 0 Å². The van der Waals surface area contributed by atoms with Crippen molar-refractivity contribution >= 4 is 29.8 Å². The molecule has 4 aliphatic rings. The third kappa shape index (κ3) is 7.43. The van der Waals surface area contributed by atoms with Crippen molar-refractivity contribution in [2.75, 3.05) is 6.61 Å². The Hall–Kier alpha value is -4.74. The molecular formula is C43H52FNO14. The Kier molecular flexibility index (Phi) is 11.4. The quantitative estimate of drug-likeness (QED) is 0.146. The first-order chi connectivity index (χ1) is 27.4. The monoisotopic (exact) mass is 825 g/mol. The Morgan fingerprint density at radius 2 is 1.61 bits per heavy atom. The van der Waals surface area contributed by atoms with Gasteiger partial charge < -0.3 is 49.4 Å². The first kappa shape index (κ1) is 43.8. The summed E-state index contributed by atoms with van der Waals surface area (Å²) in [7, 11) is 0. The molecule has 320 valence electrons. The minimum absolute atomic E-state index is 0.0570. The zero-order valence-electron chi connectivity index (χ0n) is 34.2. The molecular weight excluding hydrogens is 773 g/mol. The van der Waals surface area contributed by atoms with Crippen LogP contribution in [0.25, 0.3) is 0 Å². The molecule has 5 N–H and O–H groups in total. The van der Waals surface area contributed by atoms with Gasteiger partial charge in [-0.25, -0.2) is 18.8 Å². The van der Waals surface area contributed by atoms with Crippen molar-refractivity contribution in [2.45, 2.75) is 128 Å². The number of Topliss-reactive ketones (excluding diaryl/α,β-unsaturated/α-hetero) is 1. The van der Waals surface area contributed by atoms with Crippen molar-refractivity contribution in [3.8, 4) is 0 Å². The highest BCUT2D eigenvalue weighted by Crippen LogP contribution is 2.64. The molecule has 2 aromatic carbocycles. The van der Waals surface area contributed by atoms with Crippen molar-refractivity contribution in [3.05, 3.63) is 82.7 Å². The van der Waals surface area contributed by atoms with E-state index in [1.54, 1.807) is 39.0 Å². The third-order valence-corrected chi connectivity index (χ3v) is 12.6. The molecule has 0 spiro atoms. The molecule has 6 rings (SSSR count). The van der Waals surface area contributed by atoms with Gasteiger partial charge in [-0.2, -0.15) is 0 Å². The fourth-order valence-electron chi connectivity index (χ4n) is 9.57. The number of nitrogens with one attached hydrogen (secondary N) is 1. The summed E-state index contributed by atoms with van der Waals surface area (Å²) in [6, 6.07) is 10.8. The van der Waals surface area contributed by atoms with Gasteiger partial charge in [0, 0.05) is 25.2 Å². The van der Waals surface area contributed by atoms with Crippen molar-refractivity contribution in [1.29, 1.82) is 0 Å². The Balaban J connectivity index is 1.49. The number of halogens is 1. The van der Waals surface area contributed by atoms with Crippen LogP contribution in [0.5, 0.6) is 0 Å². The maximum Gasteiger partial charge on any atom is 0.408 e. The van der Waals surface area contributed by atoms with E-state index in [1.165, 1.54) is 52.0 Å². The summed E-state index contributed by atoms with van der Waals surface area (Å²) in [5.74, 6) is -6.20. The van der Waals surface area contributed by atoms with E-state index in [4.69, 9.17) is 23.7 Å². The summed E-state index contributed by atoms with van der Waals surface area (Å²) in [5, 5.41) is 51.4. The number of amides is 1. The second kappa shape index (κ2) is 15.4. The molecule has 11 atom stereocenters. The molecule has 0 radical (unpaired) electrons. The average molecular weight is 826 g/mol.